The summed E-state index contributed by atoms with van der Waals surface area (Å²) in [5.74, 6) is 1.79. The van der Waals surface area contributed by atoms with Gasteiger partial charge >= 0.3 is 6.18 Å². The van der Waals surface area contributed by atoms with Gasteiger partial charge in [0.1, 0.15) is 11.5 Å². The van der Waals surface area contributed by atoms with Crippen LogP contribution < -0.4 is 10.1 Å². The fourth-order valence-electron chi connectivity index (χ4n) is 2.77. The Kier molecular flexibility index (Phi) is 4.38. The first-order chi connectivity index (χ1) is 13.4. The Morgan fingerprint density at radius 1 is 0.929 bits per heavy atom. The number of fused-ring (bicyclic) bond motifs is 1. The molecule has 8 heteroatoms. The second kappa shape index (κ2) is 6.88. The molecule has 0 spiro atoms. The molecule has 0 saturated carbocycles. The molecule has 0 bridgehead atoms. The highest BCUT2D eigenvalue weighted by Crippen LogP contribution is 2.31. The van der Waals surface area contributed by atoms with E-state index in [-0.39, 0.29) is 0 Å². The van der Waals surface area contributed by atoms with Crippen molar-refractivity contribution in [2.75, 3.05) is 5.32 Å². The monoisotopic (exact) mass is 384 g/mol. The molecule has 2 aromatic heterocycles. The molecule has 0 atom stereocenters. The zero-order chi connectivity index (χ0) is 19.7. The van der Waals surface area contributed by atoms with Gasteiger partial charge in [0.25, 0.3) is 0 Å². The lowest BCUT2D eigenvalue weighted by molar-refractivity contribution is -0.137. The van der Waals surface area contributed by atoms with E-state index in [1.54, 1.807) is 30.6 Å². The predicted octanol–water partition coefficient (Wildman–Crippen LogP) is 5.52. The van der Waals surface area contributed by atoms with Crippen LogP contribution in [0.1, 0.15) is 5.56 Å². The molecule has 2 heterocycles. The van der Waals surface area contributed by atoms with E-state index in [0.717, 1.165) is 17.6 Å². The van der Waals surface area contributed by atoms with E-state index in [2.05, 4.69) is 15.3 Å². The topological polar surface area (TPSA) is 52.0 Å². The Balaban J connectivity index is 1.59. The van der Waals surface area contributed by atoms with Gasteiger partial charge in [0.05, 0.1) is 16.6 Å². The number of ether oxygens (including phenoxy) is 1. The highest BCUT2D eigenvalue weighted by molar-refractivity contribution is 5.81. The molecular weight excluding hydrogens is 369 g/mol. The number of alkyl halides is 3. The van der Waals surface area contributed by atoms with Gasteiger partial charge in [-0.25, -0.2) is 4.98 Å². The molecule has 0 aliphatic heterocycles. The van der Waals surface area contributed by atoms with Crippen molar-refractivity contribution < 1.29 is 17.9 Å². The fraction of sp³-hybridized carbons (Fsp3) is 0.100. The number of nitrogens with zero attached hydrogens (tertiary/aromatic N) is 3. The standard InChI is InChI=1S/C20H15F3N4O/c1-27-18-7-6-16(28-15-8-10-24-11-9-15)12-17(18)26-19(27)25-14-4-2-13(3-5-14)20(21,22)23/h2-12H,1H3,(H,25,26). The highest BCUT2D eigenvalue weighted by Gasteiger charge is 2.29. The van der Waals surface area contributed by atoms with E-state index in [0.29, 0.717) is 28.7 Å². The molecule has 5 nitrogen and oxygen atoms in total. The van der Waals surface area contributed by atoms with E-state index in [1.807, 2.05) is 23.7 Å². The van der Waals surface area contributed by atoms with Crippen molar-refractivity contribution in [3.05, 3.63) is 72.6 Å². The normalized spacial score (nSPS) is 11.6. The summed E-state index contributed by atoms with van der Waals surface area (Å²) in [4.78, 5) is 8.46. The second-order valence-electron chi connectivity index (χ2n) is 6.13. The lowest BCUT2D eigenvalue weighted by Gasteiger charge is -2.09. The highest BCUT2D eigenvalue weighted by atomic mass is 19.4. The van der Waals surface area contributed by atoms with Gasteiger partial charge < -0.3 is 14.6 Å². The Morgan fingerprint density at radius 3 is 2.32 bits per heavy atom. The van der Waals surface area contributed by atoms with Crippen LogP contribution in [0.25, 0.3) is 11.0 Å². The molecule has 0 radical (unpaired) electrons. The van der Waals surface area contributed by atoms with Gasteiger partial charge in [0, 0.05) is 31.2 Å². The maximum Gasteiger partial charge on any atom is 0.416 e. The quantitative estimate of drug-likeness (QED) is 0.503. The summed E-state index contributed by atoms with van der Waals surface area (Å²) in [5.41, 5.74) is 1.38. The summed E-state index contributed by atoms with van der Waals surface area (Å²) >= 11 is 0. The zero-order valence-electron chi connectivity index (χ0n) is 14.7. The minimum absolute atomic E-state index is 0.510. The average Bonchev–Trinajstić information content (AvgIpc) is 2.97. The van der Waals surface area contributed by atoms with Gasteiger partial charge in [-0.2, -0.15) is 13.2 Å². The Labute approximate surface area is 158 Å². The Morgan fingerprint density at radius 2 is 1.64 bits per heavy atom. The van der Waals surface area contributed by atoms with E-state index >= 15 is 0 Å². The molecule has 4 aromatic rings. The Hall–Kier alpha value is -3.55. The molecule has 0 amide bonds. The van der Waals surface area contributed by atoms with Crippen molar-refractivity contribution >= 4 is 22.7 Å². The lowest BCUT2D eigenvalue weighted by atomic mass is 10.2. The van der Waals surface area contributed by atoms with Crippen LogP contribution in [-0.4, -0.2) is 14.5 Å². The van der Waals surface area contributed by atoms with Gasteiger partial charge in [-0.1, -0.05) is 0 Å². The second-order valence-corrected chi connectivity index (χ2v) is 6.13. The molecular formula is C20H15F3N4O. The number of aryl methyl sites for hydroxylation is 1. The lowest BCUT2D eigenvalue weighted by Crippen LogP contribution is -2.05. The predicted molar refractivity (Wildman–Crippen MR) is 99.8 cm³/mol. The summed E-state index contributed by atoms with van der Waals surface area (Å²) in [6.45, 7) is 0. The van der Waals surface area contributed by atoms with Crippen molar-refractivity contribution in [3.8, 4) is 11.5 Å². The zero-order valence-corrected chi connectivity index (χ0v) is 14.7. The summed E-state index contributed by atoms with van der Waals surface area (Å²) in [5, 5.41) is 3.04. The number of hydrogen-bond acceptors (Lipinski definition) is 4. The van der Waals surface area contributed by atoms with Crippen molar-refractivity contribution in [2.24, 2.45) is 7.05 Å². The number of halogens is 3. The molecule has 0 aliphatic rings. The maximum absolute atomic E-state index is 12.7. The first kappa shape index (κ1) is 17.8. The van der Waals surface area contributed by atoms with Crippen LogP contribution in [0.3, 0.4) is 0 Å². The van der Waals surface area contributed by atoms with E-state index in [9.17, 15) is 13.2 Å². The smallest absolute Gasteiger partial charge is 0.416 e. The number of imidazole rings is 1. The summed E-state index contributed by atoms with van der Waals surface area (Å²) in [6.07, 6.45) is -1.08. The van der Waals surface area contributed by atoms with Crippen LogP contribution in [0.15, 0.2) is 67.0 Å². The number of nitrogens with one attached hydrogen (secondary N) is 1. The summed E-state index contributed by atoms with van der Waals surface area (Å²) in [6, 6.07) is 13.8. The van der Waals surface area contributed by atoms with E-state index in [4.69, 9.17) is 4.74 Å². The average molecular weight is 384 g/mol. The molecule has 0 aliphatic carbocycles. The van der Waals surface area contributed by atoms with Crippen molar-refractivity contribution in [3.63, 3.8) is 0 Å². The van der Waals surface area contributed by atoms with Crippen LogP contribution in [0, 0.1) is 0 Å². The van der Waals surface area contributed by atoms with Crippen LogP contribution in [0.4, 0.5) is 24.8 Å². The van der Waals surface area contributed by atoms with E-state index in [1.165, 1.54) is 12.1 Å². The van der Waals surface area contributed by atoms with Gasteiger partial charge in [-0.15, -0.1) is 0 Å². The molecule has 28 heavy (non-hydrogen) atoms. The van der Waals surface area contributed by atoms with Crippen molar-refractivity contribution in [2.45, 2.75) is 6.18 Å². The maximum atomic E-state index is 12.7. The first-order valence-corrected chi connectivity index (χ1v) is 8.39. The molecule has 0 fully saturated rings. The SMILES string of the molecule is Cn1c(Nc2ccc(C(F)(F)F)cc2)nc2cc(Oc3ccncc3)ccc21. The molecule has 142 valence electrons. The van der Waals surface area contributed by atoms with Crippen LogP contribution in [-0.2, 0) is 13.2 Å². The fourth-order valence-corrected chi connectivity index (χ4v) is 2.77. The molecule has 0 unspecified atom stereocenters. The Bertz CT molecular complexity index is 1110. The molecule has 1 N–H and O–H groups in total. The molecule has 0 saturated heterocycles. The van der Waals surface area contributed by atoms with Gasteiger partial charge in [0.15, 0.2) is 0 Å². The number of benzene rings is 2. The third-order valence-electron chi connectivity index (χ3n) is 4.21. The number of anilines is 2. The number of hydrogen-bond donors (Lipinski definition) is 1. The third kappa shape index (κ3) is 3.62. The summed E-state index contributed by atoms with van der Waals surface area (Å²) < 4.78 is 45.7. The number of aromatic nitrogens is 3. The van der Waals surface area contributed by atoms with Crippen molar-refractivity contribution in [1.82, 2.24) is 14.5 Å². The van der Waals surface area contributed by atoms with Gasteiger partial charge in [-0.05, 0) is 48.5 Å². The summed E-state index contributed by atoms with van der Waals surface area (Å²) in [7, 11) is 1.82. The minimum atomic E-state index is -4.36. The van der Waals surface area contributed by atoms with E-state index < -0.39 is 11.7 Å². The van der Waals surface area contributed by atoms with Crippen LogP contribution in [0.5, 0.6) is 11.5 Å². The number of pyridine rings is 1. The first-order valence-electron chi connectivity index (χ1n) is 8.39. The molecule has 2 aromatic carbocycles. The van der Waals surface area contributed by atoms with Crippen LogP contribution >= 0.6 is 0 Å². The number of rotatable bonds is 4. The van der Waals surface area contributed by atoms with Gasteiger partial charge in [-0.3, -0.25) is 4.98 Å². The minimum Gasteiger partial charge on any atom is -0.457 e. The van der Waals surface area contributed by atoms with Gasteiger partial charge in [0.2, 0.25) is 5.95 Å². The third-order valence-corrected chi connectivity index (χ3v) is 4.21. The van der Waals surface area contributed by atoms with Crippen molar-refractivity contribution in [1.29, 1.82) is 0 Å². The largest absolute Gasteiger partial charge is 0.457 e. The molecule has 4 rings (SSSR count). The van der Waals surface area contributed by atoms with Crippen LogP contribution in [0.2, 0.25) is 0 Å².